The first-order chi connectivity index (χ1) is 12.0. The molecule has 130 valence electrons. The molecular weight excluding hydrogens is 344 g/mol. The van der Waals surface area contributed by atoms with Crippen LogP contribution in [0.3, 0.4) is 0 Å². The van der Waals surface area contributed by atoms with Crippen molar-refractivity contribution in [2.24, 2.45) is 0 Å². The molecule has 25 heavy (non-hydrogen) atoms. The first kappa shape index (κ1) is 18.5. The summed E-state index contributed by atoms with van der Waals surface area (Å²) in [5, 5.41) is 8.94. The second-order valence-electron chi connectivity index (χ2n) is 4.85. The van der Waals surface area contributed by atoms with E-state index < -0.39 is 17.9 Å². The highest BCUT2D eigenvalue weighted by Gasteiger charge is 2.17. The monoisotopic (exact) mass is 360 g/mol. The summed E-state index contributed by atoms with van der Waals surface area (Å²) in [6.45, 7) is 1.90. The summed E-state index contributed by atoms with van der Waals surface area (Å²) in [5.41, 5.74) is 0.671. The predicted octanol–water partition coefficient (Wildman–Crippen LogP) is 3.50. The molecule has 0 aliphatic carbocycles. The number of aromatic carboxylic acids is 1. The normalized spacial score (nSPS) is 10.2. The first-order valence-electron chi connectivity index (χ1n) is 7.37. The Morgan fingerprint density at radius 3 is 2.20 bits per heavy atom. The smallest absolute Gasteiger partial charge is 0.339 e. The highest BCUT2D eigenvalue weighted by atomic mass is 32.2. The van der Waals surface area contributed by atoms with Crippen molar-refractivity contribution in [3.8, 4) is 0 Å². The van der Waals surface area contributed by atoms with E-state index in [-0.39, 0.29) is 23.3 Å². The fourth-order valence-electron chi connectivity index (χ4n) is 2.02. The molecule has 0 bridgehead atoms. The van der Waals surface area contributed by atoms with Gasteiger partial charge in [0.2, 0.25) is 0 Å². The quantitative estimate of drug-likeness (QED) is 0.789. The number of carbonyl (C=O) groups is 3. The van der Waals surface area contributed by atoms with Gasteiger partial charge in [0.05, 0.1) is 30.4 Å². The van der Waals surface area contributed by atoms with Crippen LogP contribution in [-0.2, 0) is 9.47 Å². The van der Waals surface area contributed by atoms with E-state index >= 15 is 0 Å². The average Bonchev–Trinajstić information content (AvgIpc) is 2.62. The summed E-state index contributed by atoms with van der Waals surface area (Å²) >= 11 is 1.27. The minimum absolute atomic E-state index is 0.177. The molecule has 0 aliphatic rings. The van der Waals surface area contributed by atoms with Crippen LogP contribution in [0.25, 0.3) is 0 Å². The lowest BCUT2D eigenvalue weighted by Crippen LogP contribution is -2.09. The van der Waals surface area contributed by atoms with Crippen molar-refractivity contribution in [2.45, 2.75) is 16.7 Å². The number of rotatable bonds is 6. The van der Waals surface area contributed by atoms with Gasteiger partial charge in [-0.3, -0.25) is 0 Å². The van der Waals surface area contributed by atoms with E-state index in [2.05, 4.69) is 4.74 Å². The molecule has 0 aliphatic heterocycles. The molecular formula is C18H16O6S. The van der Waals surface area contributed by atoms with E-state index in [9.17, 15) is 14.4 Å². The zero-order valence-electron chi connectivity index (χ0n) is 13.6. The second-order valence-corrected chi connectivity index (χ2v) is 5.97. The summed E-state index contributed by atoms with van der Waals surface area (Å²) in [4.78, 5) is 36.1. The maximum Gasteiger partial charge on any atom is 0.339 e. The van der Waals surface area contributed by atoms with Gasteiger partial charge in [-0.05, 0) is 49.4 Å². The fraction of sp³-hybridized carbons (Fsp3) is 0.167. The summed E-state index contributed by atoms with van der Waals surface area (Å²) in [5.74, 6) is -2.10. The number of esters is 2. The molecule has 1 N–H and O–H groups in total. The van der Waals surface area contributed by atoms with Crippen LogP contribution in [0.1, 0.15) is 38.0 Å². The van der Waals surface area contributed by atoms with Gasteiger partial charge in [0.15, 0.2) is 0 Å². The molecule has 2 aromatic rings. The number of hydrogen-bond donors (Lipinski definition) is 1. The number of hydrogen-bond acceptors (Lipinski definition) is 6. The first-order valence-corrected chi connectivity index (χ1v) is 8.18. The molecule has 2 rings (SSSR count). The Balaban J connectivity index is 2.36. The maximum absolute atomic E-state index is 12.2. The van der Waals surface area contributed by atoms with Crippen LogP contribution in [-0.4, -0.2) is 36.7 Å². The van der Waals surface area contributed by atoms with Crippen LogP contribution in [0.15, 0.2) is 52.3 Å². The Hall–Kier alpha value is -2.80. The van der Waals surface area contributed by atoms with Crippen LogP contribution < -0.4 is 0 Å². The van der Waals surface area contributed by atoms with Gasteiger partial charge in [-0.1, -0.05) is 11.8 Å². The molecule has 0 saturated heterocycles. The van der Waals surface area contributed by atoms with Crippen LogP contribution in [0.2, 0.25) is 0 Å². The zero-order chi connectivity index (χ0) is 18.4. The van der Waals surface area contributed by atoms with Crippen molar-refractivity contribution >= 4 is 29.7 Å². The lowest BCUT2D eigenvalue weighted by molar-refractivity contribution is 0.0521. The van der Waals surface area contributed by atoms with Crippen LogP contribution in [0, 0.1) is 0 Å². The predicted molar refractivity (Wildman–Crippen MR) is 91.3 cm³/mol. The molecule has 2 aromatic carbocycles. The van der Waals surface area contributed by atoms with Crippen LogP contribution in [0.5, 0.6) is 0 Å². The fourth-order valence-corrected chi connectivity index (χ4v) is 2.94. The summed E-state index contributed by atoms with van der Waals surface area (Å²) in [6, 6.07) is 10.9. The third kappa shape index (κ3) is 4.60. The Bertz CT molecular complexity index is 798. The van der Waals surface area contributed by atoms with Gasteiger partial charge >= 0.3 is 17.9 Å². The number of ether oxygens (including phenoxy) is 2. The Labute approximate surface area is 148 Å². The molecule has 0 saturated carbocycles. The van der Waals surface area contributed by atoms with Gasteiger partial charge in [0.1, 0.15) is 0 Å². The van der Waals surface area contributed by atoms with Crippen molar-refractivity contribution in [1.29, 1.82) is 0 Å². The van der Waals surface area contributed by atoms with E-state index in [4.69, 9.17) is 9.84 Å². The van der Waals surface area contributed by atoms with Gasteiger partial charge in [-0.25, -0.2) is 14.4 Å². The third-order valence-corrected chi connectivity index (χ3v) is 4.31. The highest BCUT2D eigenvalue weighted by molar-refractivity contribution is 7.99. The van der Waals surface area contributed by atoms with E-state index in [1.807, 2.05) is 0 Å². The Morgan fingerprint density at radius 1 is 1.00 bits per heavy atom. The lowest BCUT2D eigenvalue weighted by Gasteiger charge is -2.10. The van der Waals surface area contributed by atoms with Crippen LogP contribution >= 0.6 is 11.8 Å². The molecule has 7 heteroatoms. The van der Waals surface area contributed by atoms with Gasteiger partial charge in [-0.2, -0.15) is 0 Å². The van der Waals surface area contributed by atoms with Crippen molar-refractivity contribution in [3.05, 3.63) is 59.2 Å². The zero-order valence-corrected chi connectivity index (χ0v) is 14.5. The van der Waals surface area contributed by atoms with E-state index in [0.717, 1.165) is 4.90 Å². The summed E-state index contributed by atoms with van der Waals surface area (Å²) < 4.78 is 9.71. The van der Waals surface area contributed by atoms with Gasteiger partial charge in [-0.15, -0.1) is 0 Å². The summed E-state index contributed by atoms with van der Waals surface area (Å²) in [6.07, 6.45) is 0. The van der Waals surface area contributed by atoms with Gasteiger partial charge in [0, 0.05) is 9.79 Å². The number of methoxy groups -OCH3 is 1. The minimum atomic E-state index is -1.01. The summed E-state index contributed by atoms with van der Waals surface area (Å²) in [7, 11) is 1.26. The maximum atomic E-state index is 12.2. The van der Waals surface area contributed by atoms with Crippen molar-refractivity contribution in [2.75, 3.05) is 13.7 Å². The van der Waals surface area contributed by atoms with Crippen LogP contribution in [0.4, 0.5) is 0 Å². The molecule has 0 atom stereocenters. The lowest BCUT2D eigenvalue weighted by atomic mass is 10.1. The molecule has 6 nitrogen and oxygen atoms in total. The van der Waals surface area contributed by atoms with Crippen molar-refractivity contribution < 1.29 is 29.0 Å². The number of carboxylic acid groups (broad SMARTS) is 1. The second kappa shape index (κ2) is 8.34. The highest BCUT2D eigenvalue weighted by Crippen LogP contribution is 2.32. The molecule has 0 radical (unpaired) electrons. The molecule has 0 unspecified atom stereocenters. The minimum Gasteiger partial charge on any atom is -0.478 e. The molecule has 0 heterocycles. The molecule has 0 spiro atoms. The van der Waals surface area contributed by atoms with Crippen molar-refractivity contribution in [3.63, 3.8) is 0 Å². The van der Waals surface area contributed by atoms with E-state index in [0.29, 0.717) is 4.90 Å². The van der Waals surface area contributed by atoms with Gasteiger partial charge in [0.25, 0.3) is 0 Å². The Kier molecular flexibility index (Phi) is 6.19. The van der Waals surface area contributed by atoms with E-state index in [1.165, 1.54) is 37.1 Å². The van der Waals surface area contributed by atoms with E-state index in [1.54, 1.807) is 31.2 Å². The SMILES string of the molecule is CCOC(=O)c1cc(C(=O)OC)ccc1Sc1ccc(C(=O)O)cc1. The topological polar surface area (TPSA) is 89.9 Å². The molecule has 0 aromatic heterocycles. The Morgan fingerprint density at radius 2 is 1.64 bits per heavy atom. The third-order valence-electron chi connectivity index (χ3n) is 3.23. The van der Waals surface area contributed by atoms with Gasteiger partial charge < -0.3 is 14.6 Å². The largest absolute Gasteiger partial charge is 0.478 e. The number of carbonyl (C=O) groups excluding carboxylic acids is 2. The van der Waals surface area contributed by atoms with Crippen molar-refractivity contribution in [1.82, 2.24) is 0 Å². The standard InChI is InChI=1S/C18H16O6S/c1-3-24-18(22)14-10-12(17(21)23-2)6-9-15(14)25-13-7-4-11(5-8-13)16(19)20/h4-10H,3H2,1-2H3,(H,19,20). The number of carboxylic acids is 1. The number of benzene rings is 2. The molecule has 0 fully saturated rings. The average molecular weight is 360 g/mol. The molecule has 0 amide bonds.